The number of ketones is 1. The van der Waals surface area contributed by atoms with Crippen LogP contribution in [0.25, 0.3) is 0 Å². The summed E-state index contributed by atoms with van der Waals surface area (Å²) in [7, 11) is 0. The van der Waals surface area contributed by atoms with Crippen LogP contribution >= 0.6 is 0 Å². The van der Waals surface area contributed by atoms with E-state index in [1.165, 1.54) is 57.4 Å². The van der Waals surface area contributed by atoms with Crippen LogP contribution < -0.4 is 0 Å². The van der Waals surface area contributed by atoms with Gasteiger partial charge >= 0.3 is 143 Å². The molecule has 0 aliphatic heterocycles. The van der Waals surface area contributed by atoms with Crippen molar-refractivity contribution in [3.05, 3.63) is 21.3 Å². The van der Waals surface area contributed by atoms with Gasteiger partial charge in [-0.3, -0.25) is 0 Å². The standard InChI is InChI=1S/C8H9O.3C4H9.Sn/c1-7(9)8-5-3-2-4-6-8;3*1-3-4-2;/h2-3H,4-5H2,1H3;3*1,3-4H2,2H3;. The molecule has 22 heavy (non-hydrogen) atoms. The molecule has 0 amide bonds. The number of hydrogen-bond donors (Lipinski definition) is 0. The van der Waals surface area contributed by atoms with E-state index in [1.807, 2.05) is 0 Å². The van der Waals surface area contributed by atoms with E-state index in [-0.39, 0.29) is 0 Å². The first-order valence-electron chi connectivity index (χ1n) is 9.49. The number of carbonyl (C=O) groups excluding carboxylic acids is 1. The molecule has 0 atom stereocenters. The molecule has 0 saturated carbocycles. The van der Waals surface area contributed by atoms with Crippen molar-refractivity contribution in [2.75, 3.05) is 0 Å². The first kappa shape index (κ1) is 20.0. The van der Waals surface area contributed by atoms with Gasteiger partial charge in [0.05, 0.1) is 0 Å². The number of Topliss-reactive ketones (excluding diaryl/α,β-unsaturated/α-hetero) is 1. The third-order valence-electron chi connectivity index (χ3n) is 5.27. The van der Waals surface area contributed by atoms with Crippen molar-refractivity contribution in [3.63, 3.8) is 0 Å². The van der Waals surface area contributed by atoms with Gasteiger partial charge in [-0.05, 0) is 0 Å². The van der Waals surface area contributed by atoms with E-state index < -0.39 is 18.4 Å². The molecule has 126 valence electrons. The second-order valence-corrected chi connectivity index (χ2v) is 20.3. The molecular formula is C20H36OSn. The summed E-state index contributed by atoms with van der Waals surface area (Å²) < 4.78 is 6.14. The Kier molecular flexibility index (Phi) is 9.70. The minimum atomic E-state index is -2.38. The quantitative estimate of drug-likeness (QED) is 0.276. The van der Waals surface area contributed by atoms with Crippen LogP contribution in [0.3, 0.4) is 0 Å². The molecule has 1 nitrogen and oxygen atoms in total. The van der Waals surface area contributed by atoms with Gasteiger partial charge in [-0.25, -0.2) is 0 Å². The normalized spacial score (nSPS) is 15.5. The van der Waals surface area contributed by atoms with Crippen LogP contribution in [0.2, 0.25) is 13.3 Å². The predicted octanol–water partition coefficient (Wildman–Crippen LogP) is 6.61. The molecule has 1 aliphatic rings. The Balaban J connectivity index is 3.19. The molecule has 0 N–H and O–H groups in total. The Morgan fingerprint density at radius 3 is 1.77 bits per heavy atom. The van der Waals surface area contributed by atoms with Gasteiger partial charge in [0.15, 0.2) is 0 Å². The van der Waals surface area contributed by atoms with Crippen molar-refractivity contribution in [1.82, 2.24) is 0 Å². The van der Waals surface area contributed by atoms with Crippen LogP contribution in [0.15, 0.2) is 21.3 Å². The van der Waals surface area contributed by atoms with Gasteiger partial charge in [0.25, 0.3) is 0 Å². The summed E-state index contributed by atoms with van der Waals surface area (Å²) in [6, 6.07) is 0. The van der Waals surface area contributed by atoms with Crippen molar-refractivity contribution < 1.29 is 4.79 Å². The van der Waals surface area contributed by atoms with Crippen LogP contribution in [-0.2, 0) is 4.79 Å². The topological polar surface area (TPSA) is 17.1 Å². The van der Waals surface area contributed by atoms with Crippen LogP contribution in [0.5, 0.6) is 0 Å². The minimum absolute atomic E-state index is 0.352. The average molecular weight is 411 g/mol. The molecule has 0 fully saturated rings. The maximum atomic E-state index is 12.2. The molecular weight excluding hydrogens is 375 g/mol. The van der Waals surface area contributed by atoms with E-state index in [1.54, 1.807) is 10.5 Å². The van der Waals surface area contributed by atoms with Crippen molar-refractivity contribution in [3.8, 4) is 0 Å². The van der Waals surface area contributed by atoms with Gasteiger partial charge in [-0.2, -0.15) is 0 Å². The summed E-state index contributed by atoms with van der Waals surface area (Å²) in [6.45, 7) is 8.75. The van der Waals surface area contributed by atoms with Gasteiger partial charge in [-0.1, -0.05) is 0 Å². The summed E-state index contributed by atoms with van der Waals surface area (Å²) in [5, 5.41) is 0. The predicted molar refractivity (Wildman–Crippen MR) is 101 cm³/mol. The number of rotatable bonds is 11. The molecule has 0 heterocycles. The molecule has 2 heteroatoms. The Morgan fingerprint density at radius 1 is 0.909 bits per heavy atom. The number of unbranched alkanes of at least 4 members (excludes halogenated alkanes) is 3. The van der Waals surface area contributed by atoms with Gasteiger partial charge in [0.2, 0.25) is 0 Å². The summed E-state index contributed by atoms with van der Waals surface area (Å²) in [5.41, 5.74) is 1.22. The summed E-state index contributed by atoms with van der Waals surface area (Å²) in [5.74, 6) is 0.352. The fourth-order valence-electron chi connectivity index (χ4n) is 3.91. The monoisotopic (exact) mass is 412 g/mol. The molecule has 0 aromatic rings. The van der Waals surface area contributed by atoms with E-state index in [9.17, 15) is 4.79 Å². The molecule has 0 spiro atoms. The summed E-state index contributed by atoms with van der Waals surface area (Å²) >= 11 is -2.38. The molecule has 1 aliphatic carbocycles. The first-order chi connectivity index (χ1) is 10.6. The molecule has 0 radical (unpaired) electrons. The Hall–Kier alpha value is -0.0513. The van der Waals surface area contributed by atoms with Gasteiger partial charge in [-0.15, -0.1) is 0 Å². The fourth-order valence-corrected chi connectivity index (χ4v) is 21.7. The zero-order valence-electron chi connectivity index (χ0n) is 15.3. The van der Waals surface area contributed by atoms with E-state index in [2.05, 4.69) is 32.9 Å². The third kappa shape index (κ3) is 5.54. The summed E-state index contributed by atoms with van der Waals surface area (Å²) in [4.78, 5) is 12.2. The zero-order valence-corrected chi connectivity index (χ0v) is 18.2. The first-order valence-corrected chi connectivity index (χ1v) is 17.0. The van der Waals surface area contributed by atoms with Crippen LogP contribution in [0, 0.1) is 0 Å². The molecule has 1 rings (SSSR count). The fraction of sp³-hybridized carbons (Fsp3) is 0.750. The second-order valence-electron chi connectivity index (χ2n) is 6.98. The third-order valence-corrected chi connectivity index (χ3v) is 21.6. The molecule has 0 bridgehead atoms. The van der Waals surface area contributed by atoms with Crippen molar-refractivity contribution >= 4 is 24.2 Å². The summed E-state index contributed by atoms with van der Waals surface area (Å²) in [6.07, 6.45) is 14.6. The Labute approximate surface area is 142 Å². The maximum absolute atomic E-state index is 12.2. The van der Waals surface area contributed by atoms with E-state index in [4.69, 9.17) is 0 Å². The molecule has 0 unspecified atom stereocenters. The second kappa shape index (κ2) is 10.7. The number of hydrogen-bond acceptors (Lipinski definition) is 1. The van der Waals surface area contributed by atoms with E-state index in [0.717, 1.165) is 12.8 Å². The Morgan fingerprint density at radius 2 is 1.36 bits per heavy atom. The van der Waals surface area contributed by atoms with Crippen molar-refractivity contribution in [1.29, 1.82) is 0 Å². The van der Waals surface area contributed by atoms with E-state index in [0.29, 0.717) is 5.78 Å². The van der Waals surface area contributed by atoms with Crippen molar-refractivity contribution in [2.24, 2.45) is 0 Å². The van der Waals surface area contributed by atoms with Gasteiger partial charge in [0.1, 0.15) is 0 Å². The van der Waals surface area contributed by atoms with Gasteiger partial charge < -0.3 is 0 Å². The van der Waals surface area contributed by atoms with Crippen molar-refractivity contribution in [2.45, 2.75) is 92.4 Å². The zero-order chi connectivity index (χ0) is 16.4. The molecule has 0 aromatic heterocycles. The average Bonchev–Trinajstić information content (AvgIpc) is 2.54. The molecule has 0 aromatic carbocycles. The SMILES string of the molecule is CCC[CH2][Sn]([CH2]CCC)([CH2]CCC)[C]1=C(C(C)=O)CC=CC1. The number of allylic oxidation sites excluding steroid dienone is 4. The van der Waals surface area contributed by atoms with Gasteiger partial charge in [0, 0.05) is 0 Å². The van der Waals surface area contributed by atoms with Crippen LogP contribution in [-0.4, -0.2) is 24.2 Å². The molecule has 0 saturated heterocycles. The van der Waals surface area contributed by atoms with E-state index >= 15 is 0 Å². The number of carbonyl (C=O) groups is 1. The Bertz CT molecular complexity index is 384. The van der Waals surface area contributed by atoms with Crippen LogP contribution in [0.1, 0.15) is 79.1 Å². The van der Waals surface area contributed by atoms with Crippen LogP contribution in [0.4, 0.5) is 0 Å².